The summed E-state index contributed by atoms with van der Waals surface area (Å²) >= 11 is 0. The number of nitrogens with one attached hydrogen (secondary N) is 2. The van der Waals surface area contributed by atoms with Crippen LogP contribution in [0.5, 0.6) is 11.5 Å². The van der Waals surface area contributed by atoms with Gasteiger partial charge in [-0.15, -0.1) is 0 Å². The van der Waals surface area contributed by atoms with Gasteiger partial charge in [0.05, 0.1) is 31.1 Å². The van der Waals surface area contributed by atoms with Gasteiger partial charge >= 0.3 is 0 Å². The highest BCUT2D eigenvalue weighted by Crippen LogP contribution is 2.45. The van der Waals surface area contributed by atoms with E-state index in [1.165, 1.54) is 5.56 Å². The van der Waals surface area contributed by atoms with Gasteiger partial charge < -0.3 is 25.0 Å². The highest BCUT2D eigenvalue weighted by Gasteiger charge is 2.36. The van der Waals surface area contributed by atoms with Crippen LogP contribution in [0.4, 0.5) is 17.1 Å². The van der Waals surface area contributed by atoms with Crippen LogP contribution in [0.2, 0.25) is 0 Å². The van der Waals surface area contributed by atoms with Crippen molar-refractivity contribution in [1.82, 2.24) is 0 Å². The Morgan fingerprint density at radius 1 is 0.917 bits per heavy atom. The van der Waals surface area contributed by atoms with Crippen LogP contribution in [0.1, 0.15) is 42.9 Å². The first kappa shape index (κ1) is 23.8. The number of carbonyl (C=O) groups excluding carboxylic acids is 1. The van der Waals surface area contributed by atoms with Crippen LogP contribution >= 0.6 is 0 Å². The molecule has 2 atom stereocenters. The second-order valence-corrected chi connectivity index (χ2v) is 9.50. The zero-order valence-electron chi connectivity index (χ0n) is 21.3. The number of carbonyl (C=O) groups is 1. The standard InChI is InChI=1S/C30H33N3O3/c1-5-36-27-15-12-20(18-28(27)35-4)30-29-25(31-23-8-6-7-9-24(23)32-30)16-21(17-26(29)34)19-10-13-22(14-11-19)33(2)3/h6-15,18,21,30-32H,5,16-17H2,1-4H3. The molecule has 0 fully saturated rings. The lowest BCUT2D eigenvalue weighted by Gasteiger charge is -2.30. The van der Waals surface area contributed by atoms with E-state index < -0.39 is 0 Å². The number of methoxy groups -OCH3 is 1. The topological polar surface area (TPSA) is 62.8 Å². The molecule has 36 heavy (non-hydrogen) atoms. The summed E-state index contributed by atoms with van der Waals surface area (Å²) in [7, 11) is 5.71. The van der Waals surface area contributed by atoms with Gasteiger partial charge in [0, 0.05) is 37.5 Å². The van der Waals surface area contributed by atoms with Gasteiger partial charge in [0.15, 0.2) is 17.3 Å². The molecule has 2 aliphatic rings. The normalized spacial score (nSPS) is 18.8. The summed E-state index contributed by atoms with van der Waals surface area (Å²) in [5.41, 5.74) is 7.00. The monoisotopic (exact) mass is 483 g/mol. The predicted molar refractivity (Wildman–Crippen MR) is 145 cm³/mol. The molecule has 1 heterocycles. The van der Waals surface area contributed by atoms with Crippen LogP contribution in [0.25, 0.3) is 0 Å². The summed E-state index contributed by atoms with van der Waals surface area (Å²) in [6, 6.07) is 22.3. The van der Waals surface area contributed by atoms with Gasteiger partial charge in [-0.2, -0.15) is 0 Å². The average molecular weight is 484 g/mol. The van der Waals surface area contributed by atoms with Gasteiger partial charge in [-0.05, 0) is 66.8 Å². The summed E-state index contributed by atoms with van der Waals surface area (Å²) in [5.74, 6) is 1.64. The molecular weight excluding hydrogens is 450 g/mol. The minimum atomic E-state index is -0.301. The largest absolute Gasteiger partial charge is 0.493 e. The lowest BCUT2D eigenvalue weighted by Crippen LogP contribution is -2.27. The molecule has 0 aromatic heterocycles. The zero-order chi connectivity index (χ0) is 25.2. The van der Waals surface area contributed by atoms with Crippen molar-refractivity contribution in [3.05, 3.63) is 89.1 Å². The summed E-state index contributed by atoms with van der Waals surface area (Å²) in [6.07, 6.45) is 1.24. The van der Waals surface area contributed by atoms with Crippen LogP contribution in [0, 0.1) is 0 Å². The molecule has 2 N–H and O–H groups in total. The summed E-state index contributed by atoms with van der Waals surface area (Å²) in [4.78, 5) is 15.9. The van der Waals surface area contributed by atoms with Crippen molar-refractivity contribution in [2.45, 2.75) is 31.7 Å². The lowest BCUT2D eigenvalue weighted by atomic mass is 9.78. The van der Waals surface area contributed by atoms with Gasteiger partial charge in [0.25, 0.3) is 0 Å². The Hall–Kier alpha value is -3.93. The zero-order valence-corrected chi connectivity index (χ0v) is 21.3. The van der Waals surface area contributed by atoms with Crippen molar-refractivity contribution >= 4 is 22.8 Å². The number of allylic oxidation sites excluding steroid dienone is 1. The maximum absolute atomic E-state index is 13.8. The van der Waals surface area contributed by atoms with E-state index in [-0.39, 0.29) is 17.7 Å². The molecule has 0 amide bonds. The maximum atomic E-state index is 13.8. The fourth-order valence-electron chi connectivity index (χ4n) is 5.16. The number of benzene rings is 3. The number of nitrogens with zero attached hydrogens (tertiary/aromatic N) is 1. The molecule has 3 aromatic carbocycles. The van der Waals surface area contributed by atoms with Gasteiger partial charge in [-0.25, -0.2) is 0 Å². The predicted octanol–water partition coefficient (Wildman–Crippen LogP) is 6.14. The van der Waals surface area contributed by atoms with E-state index in [0.717, 1.165) is 40.3 Å². The molecule has 0 bridgehead atoms. The number of fused-ring (bicyclic) bond motifs is 1. The maximum Gasteiger partial charge on any atom is 0.163 e. The summed E-state index contributed by atoms with van der Waals surface area (Å²) in [5, 5.41) is 7.25. The molecule has 1 aliphatic carbocycles. The van der Waals surface area contributed by atoms with E-state index in [0.29, 0.717) is 24.5 Å². The minimum absolute atomic E-state index is 0.126. The number of ketones is 1. The van der Waals surface area contributed by atoms with Gasteiger partial charge in [-0.1, -0.05) is 30.3 Å². The molecule has 1 aliphatic heterocycles. The van der Waals surface area contributed by atoms with Crippen molar-refractivity contribution in [2.75, 3.05) is 43.3 Å². The number of hydrogen-bond acceptors (Lipinski definition) is 6. The van der Waals surface area contributed by atoms with E-state index in [9.17, 15) is 4.79 Å². The Bertz CT molecular complexity index is 1300. The Balaban J connectivity index is 1.56. The van der Waals surface area contributed by atoms with Crippen molar-refractivity contribution in [2.24, 2.45) is 0 Å². The highest BCUT2D eigenvalue weighted by molar-refractivity contribution is 6.01. The quantitative estimate of drug-likeness (QED) is 0.439. The van der Waals surface area contributed by atoms with E-state index in [1.54, 1.807) is 7.11 Å². The van der Waals surface area contributed by atoms with Crippen LogP contribution in [0.15, 0.2) is 78.0 Å². The first-order valence-corrected chi connectivity index (χ1v) is 12.4. The van der Waals surface area contributed by atoms with E-state index >= 15 is 0 Å². The first-order chi connectivity index (χ1) is 17.5. The third kappa shape index (κ3) is 4.51. The second-order valence-electron chi connectivity index (χ2n) is 9.50. The van der Waals surface area contributed by atoms with Gasteiger partial charge in [0.2, 0.25) is 0 Å². The number of anilines is 3. The van der Waals surface area contributed by atoms with Gasteiger partial charge in [0.1, 0.15) is 0 Å². The molecule has 0 saturated heterocycles. The summed E-state index contributed by atoms with van der Waals surface area (Å²) < 4.78 is 11.3. The Morgan fingerprint density at radius 3 is 2.33 bits per heavy atom. The van der Waals surface area contributed by atoms with Crippen LogP contribution in [-0.4, -0.2) is 33.6 Å². The second kappa shape index (κ2) is 9.97. The van der Waals surface area contributed by atoms with Crippen LogP contribution in [-0.2, 0) is 4.79 Å². The van der Waals surface area contributed by atoms with E-state index in [4.69, 9.17) is 9.47 Å². The molecule has 2 unspecified atom stereocenters. The highest BCUT2D eigenvalue weighted by atomic mass is 16.5. The SMILES string of the molecule is CCOc1ccc(C2Nc3ccccc3NC3=C2C(=O)CC(c2ccc(N(C)C)cc2)C3)cc1OC. The molecule has 5 rings (SSSR count). The average Bonchev–Trinajstić information content (AvgIpc) is 3.06. The smallest absolute Gasteiger partial charge is 0.163 e. The molecule has 0 spiro atoms. The van der Waals surface area contributed by atoms with Crippen molar-refractivity contribution < 1.29 is 14.3 Å². The van der Waals surface area contributed by atoms with E-state index in [1.807, 2.05) is 63.5 Å². The van der Waals surface area contributed by atoms with Gasteiger partial charge in [-0.3, -0.25) is 4.79 Å². The molecule has 186 valence electrons. The number of ether oxygens (including phenoxy) is 2. The molecule has 0 radical (unpaired) electrons. The fraction of sp³-hybridized carbons (Fsp3) is 0.300. The van der Waals surface area contributed by atoms with Crippen molar-refractivity contribution in [3.8, 4) is 11.5 Å². The number of hydrogen-bond donors (Lipinski definition) is 2. The lowest BCUT2D eigenvalue weighted by molar-refractivity contribution is -0.116. The summed E-state index contributed by atoms with van der Waals surface area (Å²) in [6.45, 7) is 2.50. The Kier molecular flexibility index (Phi) is 6.59. The molecule has 0 saturated carbocycles. The van der Waals surface area contributed by atoms with Crippen molar-refractivity contribution in [1.29, 1.82) is 0 Å². The van der Waals surface area contributed by atoms with E-state index in [2.05, 4.69) is 39.8 Å². The fourth-order valence-corrected chi connectivity index (χ4v) is 5.16. The number of rotatable bonds is 6. The minimum Gasteiger partial charge on any atom is -0.493 e. The Labute approximate surface area is 212 Å². The Morgan fingerprint density at radius 2 is 1.64 bits per heavy atom. The number of Topliss-reactive ketones (excluding diaryl/α,β-unsaturated/α-hetero) is 1. The molecule has 6 nitrogen and oxygen atoms in total. The van der Waals surface area contributed by atoms with Crippen molar-refractivity contribution in [3.63, 3.8) is 0 Å². The molecule has 6 heteroatoms. The third-order valence-corrected chi connectivity index (χ3v) is 7.01. The first-order valence-electron chi connectivity index (χ1n) is 12.4. The van der Waals surface area contributed by atoms with Crippen LogP contribution < -0.4 is 25.0 Å². The molecular formula is C30H33N3O3. The molecule has 3 aromatic rings. The third-order valence-electron chi connectivity index (χ3n) is 7.01. The van der Waals surface area contributed by atoms with Crippen LogP contribution in [0.3, 0.4) is 0 Å². The number of para-hydroxylation sites is 2.